The molecule has 0 aromatic carbocycles. The van der Waals surface area contributed by atoms with Crippen molar-refractivity contribution in [3.8, 4) is 0 Å². The van der Waals surface area contributed by atoms with Crippen LogP contribution in [0.3, 0.4) is 0 Å². The third-order valence-electron chi connectivity index (χ3n) is 2.83. The fraction of sp³-hybridized carbons (Fsp3) is 0.500. The largest absolute Gasteiger partial charge is 0.379 e. The maximum atomic E-state index is 11.7. The van der Waals surface area contributed by atoms with Crippen LogP contribution in [-0.2, 0) is 9.53 Å². The van der Waals surface area contributed by atoms with Crippen molar-refractivity contribution in [1.29, 1.82) is 0 Å². The predicted molar refractivity (Wildman–Crippen MR) is 78.2 cm³/mol. The Morgan fingerprint density at radius 2 is 2.11 bits per heavy atom. The molecule has 1 N–H and O–H groups in total. The molecular weight excluding hydrogens is 264 g/mol. The summed E-state index contributed by atoms with van der Waals surface area (Å²) in [6.45, 7) is 10.4. The van der Waals surface area contributed by atoms with E-state index in [1.54, 1.807) is 18.2 Å². The highest BCUT2D eigenvalue weighted by Crippen LogP contribution is 2.04. The van der Waals surface area contributed by atoms with Crippen molar-refractivity contribution in [3.05, 3.63) is 35.4 Å². The Bertz CT molecular complexity index is 372. The summed E-state index contributed by atoms with van der Waals surface area (Å²) in [5.74, 6) is -0.162. The monoisotopic (exact) mass is 284 g/mol. The number of hydrogen-bond donors (Lipinski definition) is 1. The van der Waals surface area contributed by atoms with E-state index in [1.165, 1.54) is 0 Å². The minimum Gasteiger partial charge on any atom is -0.379 e. The van der Waals surface area contributed by atoms with E-state index in [2.05, 4.69) is 16.8 Å². The number of hydrogen-bond acceptors (Lipinski definition) is 3. The van der Waals surface area contributed by atoms with Crippen LogP contribution < -0.4 is 5.32 Å². The van der Waals surface area contributed by atoms with Crippen LogP contribution in [0.5, 0.6) is 0 Å². The number of ether oxygens (including phenoxy) is 1. The van der Waals surface area contributed by atoms with Crippen molar-refractivity contribution in [2.24, 2.45) is 0 Å². The van der Waals surface area contributed by atoms with Crippen molar-refractivity contribution in [2.75, 3.05) is 39.4 Å². The van der Waals surface area contributed by atoms with E-state index < -0.39 is 0 Å². The molecule has 1 saturated heterocycles. The van der Waals surface area contributed by atoms with Crippen LogP contribution >= 0.6 is 11.6 Å². The minimum atomic E-state index is -0.162. The summed E-state index contributed by atoms with van der Waals surface area (Å²) in [6.07, 6.45) is 5.03. The third-order valence-corrected chi connectivity index (χ3v) is 3.17. The number of carbonyl (C=O) groups excluding carboxylic acids is 1. The van der Waals surface area contributed by atoms with Crippen molar-refractivity contribution >= 4 is 17.5 Å². The predicted octanol–water partition coefficient (Wildman–Crippen LogP) is 1.69. The highest BCUT2D eigenvalue weighted by molar-refractivity contribution is 6.31. The lowest BCUT2D eigenvalue weighted by Gasteiger charge is -2.26. The molecule has 4 nitrogen and oxygen atoms in total. The van der Waals surface area contributed by atoms with Gasteiger partial charge in [0.05, 0.1) is 13.2 Å². The summed E-state index contributed by atoms with van der Waals surface area (Å²) in [6, 6.07) is 0. The number of morpholine rings is 1. The summed E-state index contributed by atoms with van der Waals surface area (Å²) >= 11 is 5.80. The summed E-state index contributed by atoms with van der Waals surface area (Å²) in [5, 5.41) is 3.42. The molecule has 0 aromatic heterocycles. The molecule has 0 atom stereocenters. The molecule has 106 valence electrons. The Hall–Kier alpha value is -1.10. The zero-order valence-corrected chi connectivity index (χ0v) is 12.1. The van der Waals surface area contributed by atoms with Gasteiger partial charge >= 0.3 is 0 Å². The number of halogens is 1. The van der Waals surface area contributed by atoms with Gasteiger partial charge in [0.15, 0.2) is 0 Å². The maximum absolute atomic E-state index is 11.7. The summed E-state index contributed by atoms with van der Waals surface area (Å²) < 4.78 is 5.26. The van der Waals surface area contributed by atoms with Gasteiger partial charge in [-0.3, -0.25) is 9.69 Å². The van der Waals surface area contributed by atoms with Crippen molar-refractivity contribution in [1.82, 2.24) is 10.2 Å². The van der Waals surface area contributed by atoms with E-state index in [1.807, 2.05) is 6.92 Å². The molecule has 0 saturated carbocycles. The smallest absolute Gasteiger partial charge is 0.250 e. The van der Waals surface area contributed by atoms with Gasteiger partial charge in [0.1, 0.15) is 0 Å². The van der Waals surface area contributed by atoms with E-state index in [0.717, 1.165) is 32.8 Å². The van der Waals surface area contributed by atoms with E-state index in [-0.39, 0.29) is 5.91 Å². The lowest BCUT2D eigenvalue weighted by atomic mass is 10.2. The molecule has 0 aromatic rings. The topological polar surface area (TPSA) is 41.6 Å². The molecule has 0 radical (unpaired) electrons. The van der Waals surface area contributed by atoms with Crippen molar-refractivity contribution < 1.29 is 9.53 Å². The molecule has 0 aliphatic carbocycles. The Morgan fingerprint density at radius 1 is 1.42 bits per heavy atom. The molecule has 1 aliphatic rings. The number of nitrogens with one attached hydrogen (secondary N) is 1. The van der Waals surface area contributed by atoms with Crippen LogP contribution in [0, 0.1) is 0 Å². The molecule has 1 aliphatic heterocycles. The van der Waals surface area contributed by atoms with Gasteiger partial charge in [-0.1, -0.05) is 24.3 Å². The maximum Gasteiger partial charge on any atom is 0.250 e. The lowest BCUT2D eigenvalue weighted by molar-refractivity contribution is -0.117. The molecule has 0 spiro atoms. The quantitative estimate of drug-likeness (QED) is 0.596. The standard InChI is InChI=1S/C14H21ClN2O2/c1-3-13(15)5-4-12(2)14(18)16-6-7-17-8-10-19-11-9-17/h3-5H,2,6-11H2,1H3,(H,16,18)/b5-4-,13-3+. The normalized spacial score (nSPS) is 17.7. The fourth-order valence-electron chi connectivity index (χ4n) is 1.62. The zero-order valence-electron chi connectivity index (χ0n) is 11.3. The van der Waals surface area contributed by atoms with Crippen LogP contribution in [0.15, 0.2) is 35.4 Å². The van der Waals surface area contributed by atoms with Gasteiger partial charge in [-0.05, 0) is 19.1 Å². The molecule has 19 heavy (non-hydrogen) atoms. The van der Waals surface area contributed by atoms with E-state index >= 15 is 0 Å². The van der Waals surface area contributed by atoms with Crippen molar-refractivity contribution in [3.63, 3.8) is 0 Å². The average Bonchev–Trinajstić information content (AvgIpc) is 2.45. The van der Waals surface area contributed by atoms with Gasteiger partial charge in [0, 0.05) is 36.8 Å². The molecule has 5 heteroatoms. The molecular formula is C14H21ClN2O2. The number of nitrogens with zero attached hydrogens (tertiary/aromatic N) is 1. The summed E-state index contributed by atoms with van der Waals surface area (Å²) in [5.41, 5.74) is 0.405. The number of amides is 1. The van der Waals surface area contributed by atoms with E-state index in [0.29, 0.717) is 17.2 Å². The van der Waals surface area contributed by atoms with Gasteiger partial charge in [0.25, 0.3) is 5.91 Å². The second kappa shape index (κ2) is 8.91. The molecule has 1 fully saturated rings. The van der Waals surface area contributed by atoms with Crippen LogP contribution in [0.4, 0.5) is 0 Å². The number of allylic oxidation sites excluding steroid dienone is 3. The first kappa shape index (κ1) is 16.0. The summed E-state index contributed by atoms with van der Waals surface area (Å²) in [4.78, 5) is 14.0. The summed E-state index contributed by atoms with van der Waals surface area (Å²) in [7, 11) is 0. The second-order valence-electron chi connectivity index (χ2n) is 4.24. The first-order chi connectivity index (χ1) is 9.13. The Balaban J connectivity index is 2.22. The average molecular weight is 285 g/mol. The van der Waals surface area contributed by atoms with Crippen LogP contribution in [0.2, 0.25) is 0 Å². The van der Waals surface area contributed by atoms with Crippen molar-refractivity contribution in [2.45, 2.75) is 6.92 Å². The lowest BCUT2D eigenvalue weighted by Crippen LogP contribution is -2.41. The van der Waals surface area contributed by atoms with Gasteiger partial charge in [-0.15, -0.1) is 0 Å². The fourth-order valence-corrected chi connectivity index (χ4v) is 1.68. The Morgan fingerprint density at radius 3 is 2.74 bits per heavy atom. The van der Waals surface area contributed by atoms with Gasteiger partial charge in [-0.2, -0.15) is 0 Å². The Labute approximate surface area is 119 Å². The number of carbonyl (C=O) groups is 1. The third kappa shape index (κ3) is 6.57. The Kier molecular flexibility index (Phi) is 7.48. The number of rotatable bonds is 6. The van der Waals surface area contributed by atoms with Crippen LogP contribution in [0.25, 0.3) is 0 Å². The van der Waals surface area contributed by atoms with Crippen LogP contribution in [0.1, 0.15) is 6.92 Å². The molecule has 1 amide bonds. The van der Waals surface area contributed by atoms with Gasteiger partial charge < -0.3 is 10.1 Å². The molecule has 1 rings (SSSR count). The minimum absolute atomic E-state index is 0.162. The van der Waals surface area contributed by atoms with E-state index in [4.69, 9.17) is 16.3 Å². The van der Waals surface area contributed by atoms with Crippen LogP contribution in [-0.4, -0.2) is 50.2 Å². The SMILES string of the molecule is C=C(/C=C\C(Cl)=C/C)C(=O)NCCN1CCOCC1. The molecule has 0 bridgehead atoms. The van der Waals surface area contributed by atoms with Gasteiger partial charge in [0.2, 0.25) is 0 Å². The zero-order chi connectivity index (χ0) is 14.1. The first-order valence-electron chi connectivity index (χ1n) is 6.40. The first-order valence-corrected chi connectivity index (χ1v) is 6.78. The highest BCUT2D eigenvalue weighted by atomic mass is 35.5. The van der Waals surface area contributed by atoms with Gasteiger partial charge in [-0.25, -0.2) is 0 Å². The highest BCUT2D eigenvalue weighted by Gasteiger charge is 2.10. The molecule has 0 unspecified atom stereocenters. The molecule has 1 heterocycles. The second-order valence-corrected chi connectivity index (χ2v) is 4.68. The van der Waals surface area contributed by atoms with E-state index in [9.17, 15) is 4.79 Å².